The van der Waals surface area contributed by atoms with Crippen LogP contribution < -0.4 is 5.48 Å². The highest BCUT2D eigenvalue weighted by Crippen LogP contribution is 2.31. The second-order valence-corrected chi connectivity index (χ2v) is 6.79. The molecule has 0 unspecified atom stereocenters. The molecule has 3 aromatic rings. The number of hydrogen-bond acceptors (Lipinski definition) is 3. The van der Waals surface area contributed by atoms with Crippen LogP contribution in [0.5, 0.6) is 0 Å². The van der Waals surface area contributed by atoms with Gasteiger partial charge in [-0.1, -0.05) is 37.3 Å². The number of aromatic nitrogens is 1. The second kappa shape index (κ2) is 6.94. The molecule has 2 N–H and O–H groups in total. The van der Waals surface area contributed by atoms with E-state index in [-0.39, 0.29) is 0 Å². The molecule has 0 spiro atoms. The number of para-hydroxylation sites is 1. The van der Waals surface area contributed by atoms with Crippen molar-refractivity contribution in [2.45, 2.75) is 26.4 Å². The van der Waals surface area contributed by atoms with E-state index in [1.165, 1.54) is 22.2 Å². The Labute approximate surface area is 152 Å². The zero-order valence-electron chi connectivity index (χ0n) is 14.9. The van der Waals surface area contributed by atoms with Crippen molar-refractivity contribution >= 4 is 16.8 Å². The van der Waals surface area contributed by atoms with Crippen LogP contribution in [0.15, 0.2) is 48.5 Å². The number of hydrogen-bond donors (Lipinski definition) is 2. The highest BCUT2D eigenvalue weighted by Gasteiger charge is 2.23. The minimum absolute atomic E-state index is 0.453. The molecule has 0 atom stereocenters. The molecule has 4 rings (SSSR count). The number of rotatable bonds is 4. The normalized spacial score (nSPS) is 14.4. The fraction of sp³-hybridized carbons (Fsp3) is 0.286. The molecule has 0 fully saturated rings. The van der Waals surface area contributed by atoms with E-state index in [1.54, 1.807) is 17.6 Å². The molecule has 0 saturated carbocycles. The van der Waals surface area contributed by atoms with Gasteiger partial charge >= 0.3 is 0 Å². The standard InChI is InChI=1S/C21H23N3O2/c1-2-23-12-11-20-18(14-23)17-5-3-4-6-19(17)24(20)13-15-7-9-16(10-8-15)21(25)22-26/h3-10,26H,2,11-14H2,1H3,(H,22,25). The Kier molecular flexibility index (Phi) is 4.49. The van der Waals surface area contributed by atoms with Crippen LogP contribution in [-0.2, 0) is 19.5 Å². The fourth-order valence-electron chi connectivity index (χ4n) is 3.92. The molecular weight excluding hydrogens is 326 g/mol. The maximum absolute atomic E-state index is 11.5. The second-order valence-electron chi connectivity index (χ2n) is 6.79. The number of carbonyl (C=O) groups excluding carboxylic acids is 1. The average Bonchev–Trinajstić information content (AvgIpc) is 3.01. The lowest BCUT2D eigenvalue weighted by molar-refractivity contribution is 0.0706. The number of fused-ring (bicyclic) bond motifs is 3. The molecule has 1 amide bonds. The van der Waals surface area contributed by atoms with Crippen LogP contribution in [0.3, 0.4) is 0 Å². The first kappa shape index (κ1) is 16.8. The van der Waals surface area contributed by atoms with Crippen LogP contribution in [0.2, 0.25) is 0 Å². The molecule has 0 radical (unpaired) electrons. The van der Waals surface area contributed by atoms with Gasteiger partial charge < -0.3 is 4.57 Å². The van der Waals surface area contributed by atoms with Gasteiger partial charge in [0.1, 0.15) is 0 Å². The summed E-state index contributed by atoms with van der Waals surface area (Å²) in [6.07, 6.45) is 1.06. The van der Waals surface area contributed by atoms with Gasteiger partial charge in [-0.2, -0.15) is 0 Å². The van der Waals surface area contributed by atoms with E-state index < -0.39 is 5.91 Å². The van der Waals surface area contributed by atoms with Crippen molar-refractivity contribution in [2.75, 3.05) is 13.1 Å². The Morgan fingerprint density at radius 2 is 1.92 bits per heavy atom. The van der Waals surface area contributed by atoms with Crippen molar-refractivity contribution in [3.63, 3.8) is 0 Å². The first-order chi connectivity index (χ1) is 12.7. The molecule has 5 heteroatoms. The lowest BCUT2D eigenvalue weighted by Crippen LogP contribution is -2.30. The third-order valence-electron chi connectivity index (χ3n) is 5.35. The van der Waals surface area contributed by atoms with Gasteiger partial charge in [-0.25, -0.2) is 5.48 Å². The van der Waals surface area contributed by atoms with Gasteiger partial charge in [0.15, 0.2) is 0 Å². The summed E-state index contributed by atoms with van der Waals surface area (Å²) in [6, 6.07) is 16.0. The van der Waals surface area contributed by atoms with Gasteiger partial charge in [-0.05, 0) is 35.9 Å². The molecule has 0 saturated heterocycles. The summed E-state index contributed by atoms with van der Waals surface area (Å²) < 4.78 is 2.42. The summed E-state index contributed by atoms with van der Waals surface area (Å²) >= 11 is 0. The Morgan fingerprint density at radius 1 is 1.15 bits per heavy atom. The summed E-state index contributed by atoms with van der Waals surface area (Å²) in [4.78, 5) is 14.0. The number of likely N-dealkylation sites (N-methyl/N-ethyl adjacent to an activating group) is 1. The molecule has 5 nitrogen and oxygen atoms in total. The van der Waals surface area contributed by atoms with E-state index in [1.807, 2.05) is 12.1 Å². The van der Waals surface area contributed by atoms with Crippen LogP contribution in [-0.4, -0.2) is 33.7 Å². The van der Waals surface area contributed by atoms with Crippen LogP contribution in [0.4, 0.5) is 0 Å². The molecule has 1 aliphatic rings. The molecule has 0 bridgehead atoms. The highest BCUT2D eigenvalue weighted by atomic mass is 16.5. The summed E-state index contributed by atoms with van der Waals surface area (Å²) in [5.74, 6) is -0.486. The zero-order chi connectivity index (χ0) is 18.1. The predicted molar refractivity (Wildman–Crippen MR) is 101 cm³/mol. The largest absolute Gasteiger partial charge is 0.340 e. The van der Waals surface area contributed by atoms with Crippen LogP contribution >= 0.6 is 0 Å². The van der Waals surface area contributed by atoms with Gasteiger partial charge in [0.25, 0.3) is 5.91 Å². The maximum Gasteiger partial charge on any atom is 0.274 e. The SMILES string of the molecule is CCN1CCc2c(c3ccccc3n2Cc2ccc(C(=O)NO)cc2)C1. The van der Waals surface area contributed by atoms with Crippen molar-refractivity contribution in [1.29, 1.82) is 0 Å². The number of nitrogens with one attached hydrogen (secondary N) is 1. The first-order valence-electron chi connectivity index (χ1n) is 9.06. The van der Waals surface area contributed by atoms with Crippen molar-refractivity contribution in [3.8, 4) is 0 Å². The molecular formula is C21H23N3O2. The summed E-state index contributed by atoms with van der Waals surface area (Å²) in [5.41, 5.74) is 7.41. The van der Waals surface area contributed by atoms with E-state index in [2.05, 4.69) is 40.7 Å². The summed E-state index contributed by atoms with van der Waals surface area (Å²) in [7, 11) is 0. The van der Waals surface area contributed by atoms with Crippen molar-refractivity contribution in [3.05, 3.63) is 70.9 Å². The Hall–Kier alpha value is -2.63. The number of benzene rings is 2. The number of hydroxylamine groups is 1. The molecule has 134 valence electrons. The number of nitrogens with zero attached hydrogens (tertiary/aromatic N) is 2. The Morgan fingerprint density at radius 3 is 2.65 bits per heavy atom. The van der Waals surface area contributed by atoms with E-state index in [0.717, 1.165) is 38.2 Å². The predicted octanol–water partition coefficient (Wildman–Crippen LogP) is 3.19. The zero-order valence-corrected chi connectivity index (χ0v) is 14.9. The van der Waals surface area contributed by atoms with Crippen LogP contribution in [0.25, 0.3) is 10.9 Å². The lowest BCUT2D eigenvalue weighted by Gasteiger charge is -2.27. The molecule has 1 aliphatic heterocycles. The van der Waals surface area contributed by atoms with Crippen molar-refractivity contribution in [1.82, 2.24) is 14.9 Å². The third-order valence-corrected chi connectivity index (χ3v) is 5.35. The van der Waals surface area contributed by atoms with Gasteiger partial charge in [0.05, 0.1) is 0 Å². The number of amides is 1. The smallest absolute Gasteiger partial charge is 0.274 e. The highest BCUT2D eigenvalue weighted by molar-refractivity contribution is 5.93. The molecule has 1 aromatic heterocycles. The average molecular weight is 349 g/mol. The first-order valence-corrected chi connectivity index (χ1v) is 9.06. The van der Waals surface area contributed by atoms with E-state index in [9.17, 15) is 4.79 Å². The Balaban J connectivity index is 1.72. The van der Waals surface area contributed by atoms with E-state index in [4.69, 9.17) is 5.21 Å². The lowest BCUT2D eigenvalue weighted by atomic mass is 10.0. The summed E-state index contributed by atoms with van der Waals surface area (Å²) in [6.45, 7) is 6.18. The minimum atomic E-state index is -0.486. The van der Waals surface area contributed by atoms with E-state index in [0.29, 0.717) is 5.56 Å². The van der Waals surface area contributed by atoms with Gasteiger partial charge in [0, 0.05) is 48.2 Å². The Bertz CT molecular complexity index is 944. The summed E-state index contributed by atoms with van der Waals surface area (Å²) in [5, 5.41) is 10.1. The minimum Gasteiger partial charge on any atom is -0.340 e. The number of carbonyl (C=O) groups is 1. The molecule has 0 aliphatic carbocycles. The van der Waals surface area contributed by atoms with Gasteiger partial charge in [-0.3, -0.25) is 14.9 Å². The van der Waals surface area contributed by atoms with Crippen molar-refractivity contribution in [2.24, 2.45) is 0 Å². The monoisotopic (exact) mass is 349 g/mol. The quantitative estimate of drug-likeness (QED) is 0.562. The van der Waals surface area contributed by atoms with Crippen molar-refractivity contribution < 1.29 is 10.0 Å². The molecule has 2 heterocycles. The third kappa shape index (κ3) is 2.89. The van der Waals surface area contributed by atoms with Gasteiger partial charge in [-0.15, -0.1) is 0 Å². The maximum atomic E-state index is 11.5. The van der Waals surface area contributed by atoms with Crippen LogP contribution in [0, 0.1) is 0 Å². The topological polar surface area (TPSA) is 57.5 Å². The van der Waals surface area contributed by atoms with Crippen LogP contribution in [0.1, 0.15) is 34.1 Å². The fourth-order valence-corrected chi connectivity index (χ4v) is 3.92. The molecule has 26 heavy (non-hydrogen) atoms. The molecule has 2 aromatic carbocycles. The van der Waals surface area contributed by atoms with Gasteiger partial charge in [0.2, 0.25) is 0 Å². The van der Waals surface area contributed by atoms with E-state index >= 15 is 0 Å².